The predicted octanol–water partition coefficient (Wildman–Crippen LogP) is 2.10. The Labute approximate surface area is 139 Å². The highest BCUT2D eigenvalue weighted by molar-refractivity contribution is 7.89. The number of nitrogens with zero attached hydrogens (tertiary/aromatic N) is 3. The first-order chi connectivity index (χ1) is 11.5. The zero-order chi connectivity index (χ0) is 17.2. The lowest BCUT2D eigenvalue weighted by molar-refractivity contribution is 0.555. The third-order valence-corrected chi connectivity index (χ3v) is 4.86. The Hall–Kier alpha value is -2.58. The van der Waals surface area contributed by atoms with E-state index in [4.69, 9.17) is 0 Å². The minimum atomic E-state index is -3.95. The highest BCUT2D eigenvalue weighted by atomic mass is 32.2. The van der Waals surface area contributed by atoms with Crippen LogP contribution >= 0.6 is 0 Å². The van der Waals surface area contributed by atoms with Crippen LogP contribution in [0.4, 0.5) is 4.39 Å². The molecule has 0 aliphatic rings. The second kappa shape index (κ2) is 6.50. The minimum Gasteiger partial charge on any atom is -0.266 e. The second-order valence-electron chi connectivity index (χ2n) is 5.11. The molecule has 124 valence electrons. The maximum absolute atomic E-state index is 13.7. The molecule has 0 bridgehead atoms. The Morgan fingerprint density at radius 3 is 2.62 bits per heavy atom. The highest BCUT2D eigenvalue weighted by Crippen LogP contribution is 2.18. The monoisotopic (exact) mass is 346 g/mol. The van der Waals surface area contributed by atoms with Gasteiger partial charge in [-0.1, -0.05) is 18.2 Å². The highest BCUT2D eigenvalue weighted by Gasteiger charge is 2.19. The summed E-state index contributed by atoms with van der Waals surface area (Å²) in [6.45, 7) is -0.0443. The first kappa shape index (κ1) is 16.3. The van der Waals surface area contributed by atoms with Crippen LogP contribution in [0.15, 0.2) is 59.6 Å². The van der Waals surface area contributed by atoms with Gasteiger partial charge in [-0.3, -0.25) is 9.67 Å². The molecule has 0 spiro atoms. The average molecular weight is 346 g/mol. The van der Waals surface area contributed by atoms with Gasteiger partial charge in [0.2, 0.25) is 10.0 Å². The Kier molecular flexibility index (Phi) is 4.41. The predicted molar refractivity (Wildman–Crippen MR) is 86.9 cm³/mol. The van der Waals surface area contributed by atoms with E-state index < -0.39 is 15.8 Å². The van der Waals surface area contributed by atoms with E-state index in [1.54, 1.807) is 24.0 Å². The van der Waals surface area contributed by atoms with Gasteiger partial charge in [0.1, 0.15) is 10.7 Å². The van der Waals surface area contributed by atoms with E-state index in [0.717, 1.165) is 17.5 Å². The average Bonchev–Trinajstić information content (AvgIpc) is 2.95. The van der Waals surface area contributed by atoms with E-state index in [-0.39, 0.29) is 11.4 Å². The molecule has 0 saturated heterocycles. The molecule has 2 heterocycles. The van der Waals surface area contributed by atoms with Gasteiger partial charge in [0.05, 0.1) is 23.6 Å². The summed E-state index contributed by atoms with van der Waals surface area (Å²) in [6, 6.07) is 12.5. The van der Waals surface area contributed by atoms with Gasteiger partial charge >= 0.3 is 0 Å². The quantitative estimate of drug-likeness (QED) is 0.767. The number of pyridine rings is 1. The third kappa shape index (κ3) is 3.34. The molecule has 2 aromatic heterocycles. The molecule has 6 nitrogen and oxygen atoms in total. The first-order valence-electron chi connectivity index (χ1n) is 7.16. The maximum Gasteiger partial charge on any atom is 0.243 e. The van der Waals surface area contributed by atoms with Gasteiger partial charge in [0, 0.05) is 13.2 Å². The van der Waals surface area contributed by atoms with Crippen LogP contribution in [0.1, 0.15) is 5.69 Å². The van der Waals surface area contributed by atoms with Crippen LogP contribution in [0.2, 0.25) is 0 Å². The lowest BCUT2D eigenvalue weighted by Crippen LogP contribution is -2.24. The first-order valence-corrected chi connectivity index (χ1v) is 8.64. The zero-order valence-corrected chi connectivity index (χ0v) is 13.7. The molecule has 0 amide bonds. The summed E-state index contributed by atoms with van der Waals surface area (Å²) in [6.07, 6.45) is 1.67. The fourth-order valence-electron chi connectivity index (χ4n) is 2.28. The molecule has 0 radical (unpaired) electrons. The number of sulfonamides is 1. The molecule has 0 aliphatic heterocycles. The summed E-state index contributed by atoms with van der Waals surface area (Å²) >= 11 is 0. The Bertz CT molecular complexity index is 955. The van der Waals surface area contributed by atoms with E-state index >= 15 is 0 Å². The van der Waals surface area contributed by atoms with Gasteiger partial charge in [-0.15, -0.1) is 0 Å². The number of hydrogen-bond acceptors (Lipinski definition) is 4. The summed E-state index contributed by atoms with van der Waals surface area (Å²) in [7, 11) is -2.20. The van der Waals surface area contributed by atoms with E-state index in [0.29, 0.717) is 5.69 Å². The van der Waals surface area contributed by atoms with Gasteiger partial charge in [-0.25, -0.2) is 17.5 Å². The number of aromatic nitrogens is 3. The van der Waals surface area contributed by atoms with Crippen molar-refractivity contribution in [2.75, 3.05) is 0 Å². The number of rotatable bonds is 5. The van der Waals surface area contributed by atoms with Crippen molar-refractivity contribution in [3.8, 4) is 11.4 Å². The van der Waals surface area contributed by atoms with Crippen molar-refractivity contribution in [1.82, 2.24) is 19.5 Å². The van der Waals surface area contributed by atoms with Gasteiger partial charge in [-0.05, 0) is 30.3 Å². The molecular weight excluding hydrogens is 331 g/mol. The molecule has 24 heavy (non-hydrogen) atoms. The lowest BCUT2D eigenvalue weighted by atomic mass is 10.2. The fourth-order valence-corrected chi connectivity index (χ4v) is 3.35. The van der Waals surface area contributed by atoms with Crippen molar-refractivity contribution in [2.45, 2.75) is 11.4 Å². The second-order valence-corrected chi connectivity index (χ2v) is 6.85. The van der Waals surface area contributed by atoms with Crippen LogP contribution in [-0.4, -0.2) is 23.2 Å². The summed E-state index contributed by atoms with van der Waals surface area (Å²) in [5, 5.41) is 4.26. The van der Waals surface area contributed by atoms with Crippen molar-refractivity contribution in [2.24, 2.45) is 7.05 Å². The topological polar surface area (TPSA) is 76.9 Å². The molecule has 3 aromatic rings. The van der Waals surface area contributed by atoms with Crippen LogP contribution < -0.4 is 4.72 Å². The van der Waals surface area contributed by atoms with Crippen LogP contribution in [0.3, 0.4) is 0 Å². The van der Waals surface area contributed by atoms with Crippen LogP contribution in [-0.2, 0) is 23.6 Å². The number of hydrogen-bond donors (Lipinski definition) is 1. The smallest absolute Gasteiger partial charge is 0.243 e. The normalized spacial score (nSPS) is 11.6. The van der Waals surface area contributed by atoms with E-state index in [1.807, 2.05) is 18.2 Å². The summed E-state index contributed by atoms with van der Waals surface area (Å²) < 4.78 is 42.0. The van der Waals surface area contributed by atoms with Crippen LogP contribution in [0, 0.1) is 5.82 Å². The SMILES string of the molecule is Cn1nc(CNS(=O)(=O)c2ccccc2F)cc1-c1ccccn1. The summed E-state index contributed by atoms with van der Waals surface area (Å²) in [5.41, 5.74) is 2.00. The molecule has 1 aromatic carbocycles. The Balaban J connectivity index is 1.80. The third-order valence-electron chi connectivity index (χ3n) is 3.43. The standard InChI is InChI=1S/C16H15FN4O2S/c1-21-15(14-7-4-5-9-18-14)10-12(20-21)11-19-24(22,23)16-8-3-2-6-13(16)17/h2-10,19H,11H2,1H3. The van der Waals surface area contributed by atoms with Gasteiger partial charge in [0.15, 0.2) is 0 Å². The Morgan fingerprint density at radius 2 is 1.92 bits per heavy atom. The van der Waals surface area contributed by atoms with Crippen LogP contribution in [0.5, 0.6) is 0 Å². The summed E-state index contributed by atoms with van der Waals surface area (Å²) in [5.74, 6) is -0.791. The maximum atomic E-state index is 13.7. The lowest BCUT2D eigenvalue weighted by Gasteiger charge is -2.05. The largest absolute Gasteiger partial charge is 0.266 e. The molecule has 0 fully saturated rings. The molecule has 8 heteroatoms. The summed E-state index contributed by atoms with van der Waals surface area (Å²) in [4.78, 5) is 3.86. The molecule has 0 saturated carbocycles. The van der Waals surface area contributed by atoms with Gasteiger partial charge in [-0.2, -0.15) is 5.10 Å². The molecule has 1 N–H and O–H groups in total. The van der Waals surface area contributed by atoms with Crippen molar-refractivity contribution < 1.29 is 12.8 Å². The number of aryl methyl sites for hydroxylation is 1. The van der Waals surface area contributed by atoms with Crippen molar-refractivity contribution in [3.63, 3.8) is 0 Å². The molecule has 0 atom stereocenters. The van der Waals surface area contributed by atoms with E-state index in [1.165, 1.54) is 18.2 Å². The molecule has 0 unspecified atom stereocenters. The minimum absolute atomic E-state index is 0.0443. The van der Waals surface area contributed by atoms with E-state index in [2.05, 4.69) is 14.8 Å². The fraction of sp³-hybridized carbons (Fsp3) is 0.125. The number of nitrogens with one attached hydrogen (secondary N) is 1. The number of benzene rings is 1. The van der Waals surface area contributed by atoms with Crippen molar-refractivity contribution in [1.29, 1.82) is 0 Å². The molecular formula is C16H15FN4O2S. The van der Waals surface area contributed by atoms with Crippen molar-refractivity contribution >= 4 is 10.0 Å². The Morgan fingerprint density at radius 1 is 1.17 bits per heavy atom. The zero-order valence-electron chi connectivity index (χ0n) is 12.8. The van der Waals surface area contributed by atoms with Crippen molar-refractivity contribution in [3.05, 3.63) is 66.2 Å². The van der Waals surface area contributed by atoms with Gasteiger partial charge in [0.25, 0.3) is 0 Å². The number of halogens is 1. The van der Waals surface area contributed by atoms with E-state index in [9.17, 15) is 12.8 Å². The molecule has 0 aliphatic carbocycles. The molecule has 3 rings (SSSR count). The van der Waals surface area contributed by atoms with Gasteiger partial charge < -0.3 is 0 Å². The van der Waals surface area contributed by atoms with Crippen LogP contribution in [0.25, 0.3) is 11.4 Å².